The number of rotatable bonds is 7. The first-order valence-electron chi connectivity index (χ1n) is 20.2. The van der Waals surface area contributed by atoms with Gasteiger partial charge in [-0.05, 0) is 78.9 Å². The number of phenols is 1. The molecule has 0 unspecified atom stereocenters. The zero-order valence-corrected chi connectivity index (χ0v) is 34.1. The standard InChI is InChI=1S/C43H51F4N5O3Si/c1-24(2)56(25(3)4,26(5)6)16-11-31-35-27(18-33(45)37(31)46)17-30(53)19-32(35)39-38(47)40-36-34(48-39)10-9-29-22-54-15-8-14-52(29)41(36)50-42(49-40)55-23-43-12-7-13-51(43)21-28(44)20-43/h17-19,24-26,28-29,53H,7-10,12-15,20-23H2,1-6H3/t28-,29+,43+/m1/s1. The summed E-state index contributed by atoms with van der Waals surface area (Å²) in [6.45, 7) is 15.8. The molecule has 4 aliphatic rings. The quantitative estimate of drug-likeness (QED) is 0.113. The molecule has 8 rings (SSSR count). The van der Waals surface area contributed by atoms with Gasteiger partial charge in [0.1, 0.15) is 43.6 Å². The third kappa shape index (κ3) is 6.40. The molecule has 3 fully saturated rings. The number of nitrogens with zero attached hydrogens (tertiary/aromatic N) is 5. The Hall–Kier alpha value is -3.99. The molecule has 3 saturated heterocycles. The third-order valence-electron chi connectivity index (χ3n) is 13.1. The van der Waals surface area contributed by atoms with Crippen LogP contribution in [0.25, 0.3) is 32.9 Å². The van der Waals surface area contributed by atoms with E-state index < -0.39 is 37.2 Å². The summed E-state index contributed by atoms with van der Waals surface area (Å²) in [5.74, 6) is 0.291. The first-order valence-corrected chi connectivity index (χ1v) is 22.4. The van der Waals surface area contributed by atoms with Gasteiger partial charge in [0.15, 0.2) is 17.5 Å². The Morgan fingerprint density at radius 3 is 2.50 bits per heavy atom. The fourth-order valence-electron chi connectivity index (χ4n) is 10.5. The normalized spacial score (nSPS) is 22.8. The van der Waals surface area contributed by atoms with Crippen LogP contribution in [0.2, 0.25) is 16.6 Å². The van der Waals surface area contributed by atoms with Crippen molar-refractivity contribution in [3.8, 4) is 34.5 Å². The molecule has 0 spiro atoms. The molecule has 298 valence electrons. The third-order valence-corrected chi connectivity index (χ3v) is 19.4. The van der Waals surface area contributed by atoms with Gasteiger partial charge in [0, 0.05) is 37.1 Å². The lowest BCUT2D eigenvalue weighted by Gasteiger charge is -2.38. The number of ether oxygens (including phenoxy) is 2. The monoisotopic (exact) mass is 789 g/mol. The summed E-state index contributed by atoms with van der Waals surface area (Å²) in [7, 11) is -2.43. The Labute approximate surface area is 327 Å². The van der Waals surface area contributed by atoms with E-state index in [0.29, 0.717) is 62.5 Å². The average Bonchev–Trinajstić information content (AvgIpc) is 3.49. The lowest BCUT2D eigenvalue weighted by atomic mass is 9.95. The van der Waals surface area contributed by atoms with Crippen LogP contribution in [0, 0.1) is 28.9 Å². The molecule has 0 aliphatic carbocycles. The highest BCUT2D eigenvalue weighted by atomic mass is 28.3. The molecule has 0 amide bonds. The highest BCUT2D eigenvalue weighted by Crippen LogP contribution is 2.45. The molecule has 0 saturated carbocycles. The highest BCUT2D eigenvalue weighted by Gasteiger charge is 2.49. The maximum absolute atomic E-state index is 17.6. The fourth-order valence-corrected chi connectivity index (χ4v) is 15.7. The molecule has 6 heterocycles. The minimum absolute atomic E-state index is 0.0241. The number of alkyl halides is 1. The topological polar surface area (TPSA) is 83.8 Å². The minimum Gasteiger partial charge on any atom is -0.508 e. The van der Waals surface area contributed by atoms with Gasteiger partial charge in [0.05, 0.1) is 34.8 Å². The second kappa shape index (κ2) is 14.7. The van der Waals surface area contributed by atoms with Crippen LogP contribution in [0.4, 0.5) is 23.4 Å². The smallest absolute Gasteiger partial charge is 0.319 e. The van der Waals surface area contributed by atoms with Crippen LogP contribution in [0.5, 0.6) is 11.8 Å². The second-order valence-electron chi connectivity index (χ2n) is 17.2. The number of hydrogen-bond donors (Lipinski definition) is 1. The summed E-state index contributed by atoms with van der Waals surface area (Å²) in [5.41, 5.74) is 3.95. The molecular formula is C43H51F4N5O3Si. The van der Waals surface area contributed by atoms with Crippen LogP contribution >= 0.6 is 0 Å². The summed E-state index contributed by atoms with van der Waals surface area (Å²) >= 11 is 0. The van der Waals surface area contributed by atoms with Crippen molar-refractivity contribution in [1.29, 1.82) is 0 Å². The molecule has 1 N–H and O–H groups in total. The zero-order valence-electron chi connectivity index (χ0n) is 33.1. The summed E-state index contributed by atoms with van der Waals surface area (Å²) in [6, 6.07) is 3.59. The maximum Gasteiger partial charge on any atom is 0.319 e. The van der Waals surface area contributed by atoms with Gasteiger partial charge in [0.2, 0.25) is 0 Å². The Balaban J connectivity index is 1.35. The van der Waals surface area contributed by atoms with E-state index in [1.807, 2.05) is 0 Å². The molecule has 8 nitrogen and oxygen atoms in total. The van der Waals surface area contributed by atoms with Crippen molar-refractivity contribution < 1.29 is 32.1 Å². The lowest BCUT2D eigenvalue weighted by Crippen LogP contribution is -2.43. The largest absolute Gasteiger partial charge is 0.508 e. The minimum atomic E-state index is -2.43. The number of aromatic hydroxyl groups is 1. The zero-order chi connectivity index (χ0) is 39.7. The lowest BCUT2D eigenvalue weighted by molar-refractivity contribution is 0.107. The number of aromatic nitrogens is 3. The number of anilines is 1. The van der Waals surface area contributed by atoms with Crippen LogP contribution in [0.3, 0.4) is 0 Å². The number of fused-ring (bicyclic) bond motifs is 4. The molecule has 4 aliphatic heterocycles. The van der Waals surface area contributed by atoms with E-state index in [0.717, 1.165) is 31.9 Å². The molecule has 4 aromatic rings. The van der Waals surface area contributed by atoms with Crippen LogP contribution in [-0.2, 0) is 11.2 Å². The Morgan fingerprint density at radius 2 is 1.75 bits per heavy atom. The van der Waals surface area contributed by atoms with Crippen molar-refractivity contribution in [2.24, 2.45) is 0 Å². The molecule has 2 aromatic carbocycles. The average molecular weight is 790 g/mol. The number of phenolic OH excluding ortho intramolecular Hbond substituents is 1. The van der Waals surface area contributed by atoms with Gasteiger partial charge in [-0.25, -0.2) is 22.5 Å². The van der Waals surface area contributed by atoms with Gasteiger partial charge < -0.3 is 19.5 Å². The fraction of sp³-hybridized carbons (Fsp3) is 0.558. The molecule has 2 aromatic heterocycles. The molecule has 13 heteroatoms. The van der Waals surface area contributed by atoms with Gasteiger partial charge in [0.25, 0.3) is 0 Å². The summed E-state index contributed by atoms with van der Waals surface area (Å²) in [4.78, 5) is 18.8. The number of pyridine rings is 1. The predicted octanol–water partition coefficient (Wildman–Crippen LogP) is 9.03. The second-order valence-corrected chi connectivity index (χ2v) is 22.8. The Morgan fingerprint density at radius 1 is 0.982 bits per heavy atom. The predicted molar refractivity (Wildman–Crippen MR) is 213 cm³/mol. The molecule has 0 bridgehead atoms. The molecular weight excluding hydrogens is 739 g/mol. The summed E-state index contributed by atoms with van der Waals surface area (Å²) in [5, 5.41) is 11.8. The van der Waals surface area contributed by atoms with Crippen molar-refractivity contribution in [3.05, 3.63) is 46.9 Å². The van der Waals surface area contributed by atoms with Gasteiger partial charge in [-0.2, -0.15) is 9.97 Å². The van der Waals surface area contributed by atoms with Gasteiger partial charge in [-0.3, -0.25) is 4.90 Å². The number of hydrogen-bond acceptors (Lipinski definition) is 8. The van der Waals surface area contributed by atoms with E-state index in [1.165, 1.54) is 12.1 Å². The number of halogens is 4. The van der Waals surface area contributed by atoms with Crippen molar-refractivity contribution in [1.82, 2.24) is 19.9 Å². The number of benzene rings is 2. The van der Waals surface area contributed by atoms with Gasteiger partial charge in [-0.1, -0.05) is 47.5 Å². The molecule has 56 heavy (non-hydrogen) atoms. The number of aryl methyl sites for hydroxylation is 1. The van der Waals surface area contributed by atoms with Crippen LogP contribution < -0.4 is 9.64 Å². The van der Waals surface area contributed by atoms with Crippen LogP contribution in [0.15, 0.2) is 18.2 Å². The Kier molecular flexibility index (Phi) is 10.2. The molecule has 3 atom stereocenters. The first kappa shape index (κ1) is 38.9. The van der Waals surface area contributed by atoms with Crippen molar-refractivity contribution in [2.45, 2.75) is 114 Å². The Bertz CT molecular complexity index is 2240. The maximum atomic E-state index is 17.6. The van der Waals surface area contributed by atoms with Crippen LogP contribution in [0.1, 0.15) is 84.9 Å². The van der Waals surface area contributed by atoms with E-state index in [2.05, 4.69) is 62.8 Å². The molecule has 0 radical (unpaired) electrons. The van der Waals surface area contributed by atoms with Crippen LogP contribution in [-0.4, -0.2) is 90.2 Å². The first-order chi connectivity index (χ1) is 26.7. The van der Waals surface area contributed by atoms with Gasteiger partial charge >= 0.3 is 6.01 Å². The summed E-state index contributed by atoms with van der Waals surface area (Å²) < 4.78 is 76.2. The van der Waals surface area contributed by atoms with E-state index in [-0.39, 0.29) is 74.1 Å². The van der Waals surface area contributed by atoms with E-state index >= 15 is 13.2 Å². The van der Waals surface area contributed by atoms with E-state index in [1.54, 1.807) is 0 Å². The van der Waals surface area contributed by atoms with Gasteiger partial charge in [-0.15, -0.1) is 5.54 Å². The highest BCUT2D eigenvalue weighted by molar-refractivity contribution is 6.90. The van der Waals surface area contributed by atoms with Crippen molar-refractivity contribution in [3.63, 3.8) is 0 Å². The van der Waals surface area contributed by atoms with Crippen molar-refractivity contribution in [2.75, 3.05) is 44.4 Å². The van der Waals surface area contributed by atoms with E-state index in [9.17, 15) is 9.50 Å². The van der Waals surface area contributed by atoms with E-state index in [4.69, 9.17) is 24.4 Å². The van der Waals surface area contributed by atoms with Crippen molar-refractivity contribution >= 4 is 35.6 Å². The SMILES string of the molecule is CC(C)[Si](C#Cc1c(F)c(F)cc2cc(O)cc(-c3nc4c5c(nc(OC[C@@]67CCCN6C[C@H](F)C7)nc5c3F)N3CCCOC[C@@H]3CC4)c12)(C(C)C)C(C)C. The summed E-state index contributed by atoms with van der Waals surface area (Å²) in [6.07, 6.45) is 2.96.